The zero-order chi connectivity index (χ0) is 20.3. The van der Waals surface area contributed by atoms with Gasteiger partial charge in [-0.05, 0) is 18.7 Å². The first kappa shape index (κ1) is 20.1. The van der Waals surface area contributed by atoms with E-state index in [4.69, 9.17) is 0 Å². The van der Waals surface area contributed by atoms with Crippen molar-refractivity contribution in [1.29, 1.82) is 0 Å². The van der Waals surface area contributed by atoms with E-state index in [-0.39, 0.29) is 18.0 Å². The number of anilines is 1. The molecule has 7 nitrogen and oxygen atoms in total. The average molecular weight is 397 g/mol. The van der Waals surface area contributed by atoms with Gasteiger partial charge in [-0.2, -0.15) is 13.2 Å². The molecule has 1 aromatic rings. The normalized spacial score (nSPS) is 21.1. The Bertz CT molecular complexity index is 773. The fraction of sp³-hybridized carbons (Fsp3) is 0.500. The van der Waals surface area contributed by atoms with Crippen molar-refractivity contribution in [3.05, 3.63) is 29.8 Å². The van der Waals surface area contributed by atoms with E-state index in [1.807, 2.05) is 4.90 Å². The van der Waals surface area contributed by atoms with E-state index < -0.39 is 23.7 Å². The van der Waals surface area contributed by atoms with Gasteiger partial charge < -0.3 is 15.1 Å². The van der Waals surface area contributed by atoms with Crippen molar-refractivity contribution in [2.45, 2.75) is 25.6 Å². The molecule has 0 radical (unpaired) electrons. The molecule has 2 heterocycles. The molecule has 0 unspecified atom stereocenters. The Kier molecular flexibility index (Phi) is 5.87. The number of rotatable bonds is 3. The summed E-state index contributed by atoms with van der Waals surface area (Å²) in [5.41, 5.74) is -1.29. The maximum atomic E-state index is 13.1. The fourth-order valence-electron chi connectivity index (χ4n) is 3.22. The number of carbonyl (C=O) groups is 2. The summed E-state index contributed by atoms with van der Waals surface area (Å²) in [5.74, 6) is -0.820. The van der Waals surface area contributed by atoms with Gasteiger partial charge in [-0.1, -0.05) is 19.1 Å². The molecule has 2 aliphatic heterocycles. The van der Waals surface area contributed by atoms with E-state index >= 15 is 0 Å². The number of amides is 2. The number of benzene rings is 1. The average Bonchev–Trinajstić information content (AvgIpc) is 2.67. The van der Waals surface area contributed by atoms with Gasteiger partial charge in [0.1, 0.15) is 6.04 Å². The SMILES string of the molecule is CCN1CCN(C2=N[C@@H](C(=O)Nc3ccccc3C(F)(F)F)CC(=O)N2)CC1. The molecule has 1 fully saturated rings. The van der Waals surface area contributed by atoms with Crippen molar-refractivity contribution in [1.82, 2.24) is 15.1 Å². The van der Waals surface area contributed by atoms with Crippen LogP contribution in [0.1, 0.15) is 18.9 Å². The Morgan fingerprint density at radius 2 is 1.93 bits per heavy atom. The van der Waals surface area contributed by atoms with Crippen LogP contribution in [0.3, 0.4) is 0 Å². The number of hydrogen-bond acceptors (Lipinski definition) is 5. The van der Waals surface area contributed by atoms with Crippen LogP contribution in [0.2, 0.25) is 0 Å². The Morgan fingerprint density at radius 3 is 2.57 bits per heavy atom. The number of alkyl halides is 3. The Labute approximate surface area is 160 Å². The molecule has 2 amide bonds. The van der Waals surface area contributed by atoms with Gasteiger partial charge in [0, 0.05) is 26.2 Å². The zero-order valence-corrected chi connectivity index (χ0v) is 15.4. The maximum Gasteiger partial charge on any atom is 0.418 e. The van der Waals surface area contributed by atoms with Crippen LogP contribution in [0.5, 0.6) is 0 Å². The first-order chi connectivity index (χ1) is 13.3. The second-order valence-corrected chi connectivity index (χ2v) is 6.67. The third kappa shape index (κ3) is 4.61. The second-order valence-electron chi connectivity index (χ2n) is 6.67. The summed E-state index contributed by atoms with van der Waals surface area (Å²) in [6, 6.07) is 3.65. The lowest BCUT2D eigenvalue weighted by molar-refractivity contribution is -0.137. The number of guanidine groups is 1. The van der Waals surface area contributed by atoms with Gasteiger partial charge in [0.25, 0.3) is 0 Å². The molecule has 0 spiro atoms. The Hall–Kier alpha value is -2.62. The lowest BCUT2D eigenvalue weighted by Gasteiger charge is -2.37. The minimum absolute atomic E-state index is 0.210. The third-order valence-electron chi connectivity index (χ3n) is 4.82. The van der Waals surface area contributed by atoms with Crippen LogP contribution >= 0.6 is 0 Å². The Balaban J connectivity index is 1.74. The smallest absolute Gasteiger partial charge is 0.340 e. The largest absolute Gasteiger partial charge is 0.418 e. The van der Waals surface area contributed by atoms with E-state index in [0.29, 0.717) is 19.0 Å². The number of para-hydroxylation sites is 1. The van der Waals surface area contributed by atoms with E-state index in [9.17, 15) is 22.8 Å². The van der Waals surface area contributed by atoms with Crippen molar-refractivity contribution in [3.8, 4) is 0 Å². The number of likely N-dealkylation sites (N-methyl/N-ethyl adjacent to an activating group) is 1. The summed E-state index contributed by atoms with van der Waals surface area (Å²) in [5, 5.41) is 4.94. The minimum atomic E-state index is -4.60. The van der Waals surface area contributed by atoms with Gasteiger partial charge >= 0.3 is 6.18 Å². The van der Waals surface area contributed by atoms with E-state index in [2.05, 4.69) is 27.4 Å². The van der Waals surface area contributed by atoms with Crippen molar-refractivity contribution in [2.24, 2.45) is 4.99 Å². The molecule has 0 aromatic heterocycles. The van der Waals surface area contributed by atoms with E-state index in [1.165, 1.54) is 18.2 Å². The van der Waals surface area contributed by atoms with E-state index in [0.717, 1.165) is 25.7 Å². The second kappa shape index (κ2) is 8.17. The lowest BCUT2D eigenvalue weighted by atomic mass is 10.1. The van der Waals surface area contributed by atoms with Crippen molar-refractivity contribution in [2.75, 3.05) is 38.0 Å². The van der Waals surface area contributed by atoms with Gasteiger partial charge in [-0.3, -0.25) is 14.9 Å². The quantitative estimate of drug-likeness (QED) is 0.811. The van der Waals surface area contributed by atoms with Crippen LogP contribution in [0.25, 0.3) is 0 Å². The van der Waals surface area contributed by atoms with Gasteiger partial charge in [0.05, 0.1) is 17.7 Å². The molecule has 0 bridgehead atoms. The number of piperazine rings is 1. The predicted molar refractivity (Wildman–Crippen MR) is 97.7 cm³/mol. The molecule has 152 valence electrons. The molecule has 1 aromatic carbocycles. The molecular weight excluding hydrogens is 375 g/mol. The van der Waals surface area contributed by atoms with Crippen molar-refractivity contribution >= 4 is 23.5 Å². The number of nitrogens with one attached hydrogen (secondary N) is 2. The summed E-state index contributed by atoms with van der Waals surface area (Å²) in [7, 11) is 0. The van der Waals surface area contributed by atoms with Gasteiger partial charge in [-0.15, -0.1) is 0 Å². The van der Waals surface area contributed by atoms with E-state index in [1.54, 1.807) is 0 Å². The monoisotopic (exact) mass is 397 g/mol. The standard InChI is InChI=1S/C18H22F3N5O2/c1-2-25-7-9-26(10-8-25)17-23-14(11-15(27)24-17)16(28)22-13-6-4-3-5-12(13)18(19,20)21/h3-6,14H,2,7-11H2,1H3,(H,22,28)(H,23,24,27)/t14-/m1/s1. The molecule has 0 saturated carbocycles. The lowest BCUT2D eigenvalue weighted by Crippen LogP contribution is -2.56. The number of nitrogens with zero attached hydrogens (tertiary/aromatic N) is 3. The molecule has 1 atom stereocenters. The topological polar surface area (TPSA) is 77.0 Å². The molecule has 10 heteroatoms. The summed E-state index contributed by atoms with van der Waals surface area (Å²) in [6.07, 6.45) is -4.81. The molecule has 2 aliphatic rings. The molecular formula is C18H22F3N5O2. The van der Waals surface area contributed by atoms with Crippen LogP contribution < -0.4 is 10.6 Å². The molecule has 1 saturated heterocycles. The van der Waals surface area contributed by atoms with Crippen LogP contribution in [0.15, 0.2) is 29.3 Å². The van der Waals surface area contributed by atoms with Crippen molar-refractivity contribution < 1.29 is 22.8 Å². The predicted octanol–water partition coefficient (Wildman–Crippen LogP) is 1.53. The highest BCUT2D eigenvalue weighted by Crippen LogP contribution is 2.34. The van der Waals surface area contributed by atoms with Crippen LogP contribution in [0.4, 0.5) is 18.9 Å². The number of carbonyl (C=O) groups excluding carboxylic acids is 2. The summed E-state index contributed by atoms with van der Waals surface area (Å²) < 4.78 is 39.3. The summed E-state index contributed by atoms with van der Waals surface area (Å²) in [6.45, 7) is 5.91. The molecule has 28 heavy (non-hydrogen) atoms. The molecule has 3 rings (SSSR count). The molecule has 0 aliphatic carbocycles. The van der Waals surface area contributed by atoms with Crippen LogP contribution in [0, 0.1) is 0 Å². The Morgan fingerprint density at radius 1 is 1.25 bits per heavy atom. The minimum Gasteiger partial charge on any atom is -0.340 e. The summed E-state index contributed by atoms with van der Waals surface area (Å²) in [4.78, 5) is 33.0. The van der Waals surface area contributed by atoms with Gasteiger partial charge in [0.15, 0.2) is 0 Å². The van der Waals surface area contributed by atoms with Crippen LogP contribution in [-0.2, 0) is 15.8 Å². The zero-order valence-electron chi connectivity index (χ0n) is 15.4. The first-order valence-electron chi connectivity index (χ1n) is 9.10. The fourth-order valence-corrected chi connectivity index (χ4v) is 3.22. The summed E-state index contributed by atoms with van der Waals surface area (Å²) >= 11 is 0. The number of halogens is 3. The maximum absolute atomic E-state index is 13.1. The molecule has 2 N–H and O–H groups in total. The van der Waals surface area contributed by atoms with Crippen LogP contribution in [-0.4, -0.2) is 66.3 Å². The highest BCUT2D eigenvalue weighted by molar-refractivity contribution is 6.06. The van der Waals surface area contributed by atoms with Gasteiger partial charge in [-0.25, -0.2) is 4.99 Å². The number of aliphatic imine (C=N–C) groups is 1. The highest BCUT2D eigenvalue weighted by Gasteiger charge is 2.35. The number of hydrogen-bond donors (Lipinski definition) is 2. The van der Waals surface area contributed by atoms with Crippen molar-refractivity contribution in [3.63, 3.8) is 0 Å². The third-order valence-corrected chi connectivity index (χ3v) is 4.82. The highest BCUT2D eigenvalue weighted by atomic mass is 19.4. The first-order valence-corrected chi connectivity index (χ1v) is 9.10. The van der Waals surface area contributed by atoms with Gasteiger partial charge in [0.2, 0.25) is 17.8 Å².